The number of hydrogen-bond donors (Lipinski definition) is 1. The van der Waals surface area contributed by atoms with E-state index in [0.717, 1.165) is 28.5 Å². The van der Waals surface area contributed by atoms with Crippen LogP contribution in [0.2, 0.25) is 0 Å². The van der Waals surface area contributed by atoms with Crippen LogP contribution in [-0.2, 0) is 12.8 Å². The first-order chi connectivity index (χ1) is 10.2. The van der Waals surface area contributed by atoms with Crippen LogP contribution in [-0.4, -0.2) is 11.0 Å². The molecular formula is C18H17BrN2. The second-order valence-corrected chi connectivity index (χ2v) is 6.21. The zero-order chi connectivity index (χ0) is 14.7. The number of fused-ring (bicyclic) bond motifs is 1. The van der Waals surface area contributed by atoms with E-state index in [-0.39, 0.29) is 6.04 Å². The van der Waals surface area contributed by atoms with Crippen LogP contribution in [0.1, 0.15) is 11.3 Å². The summed E-state index contributed by atoms with van der Waals surface area (Å²) in [6, 6.07) is 20.7. The summed E-state index contributed by atoms with van der Waals surface area (Å²) < 4.78 is 1.09. The van der Waals surface area contributed by atoms with Crippen LogP contribution in [0.15, 0.2) is 65.1 Å². The third kappa shape index (κ3) is 3.69. The minimum Gasteiger partial charge on any atom is -0.327 e. The molecule has 0 spiro atoms. The van der Waals surface area contributed by atoms with Crippen molar-refractivity contribution in [3.05, 3.63) is 76.4 Å². The fraction of sp³-hybridized carbons (Fsp3) is 0.167. The predicted molar refractivity (Wildman–Crippen MR) is 91.3 cm³/mol. The maximum atomic E-state index is 6.28. The van der Waals surface area contributed by atoms with Crippen LogP contribution in [0.3, 0.4) is 0 Å². The average Bonchev–Trinajstić information content (AvgIpc) is 2.47. The van der Waals surface area contributed by atoms with E-state index in [9.17, 15) is 0 Å². The lowest BCUT2D eigenvalue weighted by Crippen LogP contribution is -2.26. The number of hydrogen-bond acceptors (Lipinski definition) is 2. The third-order valence-electron chi connectivity index (χ3n) is 3.51. The molecule has 0 aliphatic carbocycles. The quantitative estimate of drug-likeness (QED) is 0.776. The molecule has 3 rings (SSSR count). The van der Waals surface area contributed by atoms with Crippen molar-refractivity contribution in [2.24, 2.45) is 5.73 Å². The lowest BCUT2D eigenvalue weighted by Gasteiger charge is -2.12. The van der Waals surface area contributed by atoms with Crippen molar-refractivity contribution in [1.29, 1.82) is 0 Å². The molecule has 0 radical (unpaired) electrons. The molecule has 0 aliphatic rings. The first kappa shape index (κ1) is 14.2. The van der Waals surface area contributed by atoms with Gasteiger partial charge < -0.3 is 5.73 Å². The van der Waals surface area contributed by atoms with Crippen LogP contribution in [0.5, 0.6) is 0 Å². The van der Waals surface area contributed by atoms with Gasteiger partial charge in [0.2, 0.25) is 0 Å². The Morgan fingerprint density at radius 1 is 0.952 bits per heavy atom. The van der Waals surface area contributed by atoms with Crippen molar-refractivity contribution >= 4 is 26.8 Å². The molecule has 1 heterocycles. The summed E-state index contributed by atoms with van der Waals surface area (Å²) in [6.07, 6.45) is 1.64. The Balaban J connectivity index is 1.72. The van der Waals surface area contributed by atoms with E-state index in [0.29, 0.717) is 0 Å². The molecule has 1 unspecified atom stereocenters. The molecule has 3 aromatic rings. The number of pyridine rings is 1. The fourth-order valence-electron chi connectivity index (χ4n) is 2.53. The van der Waals surface area contributed by atoms with E-state index in [1.54, 1.807) is 0 Å². The van der Waals surface area contributed by atoms with Crippen LogP contribution in [0.25, 0.3) is 10.9 Å². The molecule has 3 heteroatoms. The normalized spacial score (nSPS) is 12.5. The predicted octanol–water partition coefficient (Wildman–Crippen LogP) is 4.11. The van der Waals surface area contributed by atoms with Gasteiger partial charge in [-0.15, -0.1) is 0 Å². The summed E-state index contributed by atoms with van der Waals surface area (Å²) >= 11 is 3.49. The summed E-state index contributed by atoms with van der Waals surface area (Å²) in [5.41, 5.74) is 9.61. The van der Waals surface area contributed by atoms with Gasteiger partial charge in [-0.2, -0.15) is 0 Å². The van der Waals surface area contributed by atoms with Gasteiger partial charge in [-0.05, 0) is 36.2 Å². The Labute approximate surface area is 133 Å². The Morgan fingerprint density at radius 3 is 2.67 bits per heavy atom. The van der Waals surface area contributed by atoms with Crippen LogP contribution >= 0.6 is 15.9 Å². The minimum absolute atomic E-state index is 0.0768. The first-order valence-corrected chi connectivity index (χ1v) is 7.85. The summed E-state index contributed by atoms with van der Waals surface area (Å²) in [5.74, 6) is 0. The number of nitrogens with two attached hydrogens (primary N) is 1. The lowest BCUT2D eigenvalue weighted by molar-refractivity contribution is 0.655. The zero-order valence-electron chi connectivity index (χ0n) is 11.7. The average molecular weight is 341 g/mol. The number of halogens is 1. The van der Waals surface area contributed by atoms with Crippen molar-refractivity contribution in [3.8, 4) is 0 Å². The second kappa shape index (κ2) is 6.37. The van der Waals surface area contributed by atoms with E-state index in [1.165, 1.54) is 10.9 Å². The smallest absolute Gasteiger partial charge is 0.0705 e. The van der Waals surface area contributed by atoms with E-state index in [4.69, 9.17) is 5.73 Å². The van der Waals surface area contributed by atoms with Crippen LogP contribution < -0.4 is 5.73 Å². The highest BCUT2D eigenvalue weighted by atomic mass is 79.9. The summed E-state index contributed by atoms with van der Waals surface area (Å²) in [7, 11) is 0. The molecule has 0 saturated carbocycles. The first-order valence-electron chi connectivity index (χ1n) is 7.05. The fourth-order valence-corrected chi connectivity index (χ4v) is 2.98. The van der Waals surface area contributed by atoms with Gasteiger partial charge in [0.25, 0.3) is 0 Å². The van der Waals surface area contributed by atoms with Gasteiger partial charge >= 0.3 is 0 Å². The van der Waals surface area contributed by atoms with Crippen molar-refractivity contribution in [1.82, 2.24) is 4.98 Å². The third-order valence-corrected chi connectivity index (χ3v) is 4.01. The van der Waals surface area contributed by atoms with Gasteiger partial charge in [0, 0.05) is 28.0 Å². The largest absolute Gasteiger partial charge is 0.327 e. The molecule has 0 aliphatic heterocycles. The maximum absolute atomic E-state index is 6.28. The molecule has 2 nitrogen and oxygen atoms in total. The number of benzene rings is 2. The molecule has 0 amide bonds. The van der Waals surface area contributed by atoms with Crippen molar-refractivity contribution in [3.63, 3.8) is 0 Å². The monoisotopic (exact) mass is 340 g/mol. The highest BCUT2D eigenvalue weighted by Gasteiger charge is 2.07. The lowest BCUT2D eigenvalue weighted by atomic mass is 10.0. The Kier molecular flexibility index (Phi) is 4.32. The highest BCUT2D eigenvalue weighted by Crippen LogP contribution is 2.15. The van der Waals surface area contributed by atoms with Crippen molar-refractivity contribution in [2.75, 3.05) is 0 Å². The number of nitrogens with zero attached hydrogens (tertiary/aromatic N) is 1. The summed E-state index contributed by atoms with van der Waals surface area (Å²) in [5, 5.41) is 1.17. The van der Waals surface area contributed by atoms with Crippen LogP contribution in [0.4, 0.5) is 0 Å². The van der Waals surface area contributed by atoms with Gasteiger partial charge in [0.05, 0.1) is 5.52 Å². The van der Waals surface area contributed by atoms with Crippen molar-refractivity contribution < 1.29 is 0 Å². The van der Waals surface area contributed by atoms with Gasteiger partial charge in [-0.25, -0.2) is 0 Å². The molecular weight excluding hydrogens is 324 g/mol. The molecule has 1 aromatic heterocycles. The molecule has 0 bridgehead atoms. The van der Waals surface area contributed by atoms with E-state index >= 15 is 0 Å². The van der Waals surface area contributed by atoms with Crippen molar-refractivity contribution in [2.45, 2.75) is 18.9 Å². The van der Waals surface area contributed by atoms with Gasteiger partial charge in [0.15, 0.2) is 0 Å². The highest BCUT2D eigenvalue weighted by molar-refractivity contribution is 9.10. The standard InChI is InChI=1S/C18H17BrN2/c19-15-6-3-4-13(10-15)11-16(20)12-17-9-8-14-5-1-2-7-18(14)21-17/h1-10,16H,11-12,20H2. The SMILES string of the molecule is NC(Cc1cccc(Br)c1)Cc1ccc2ccccc2n1. The molecule has 0 saturated heterocycles. The summed E-state index contributed by atoms with van der Waals surface area (Å²) in [6.45, 7) is 0. The minimum atomic E-state index is 0.0768. The van der Waals surface area contributed by atoms with E-state index in [2.05, 4.69) is 51.2 Å². The maximum Gasteiger partial charge on any atom is 0.0705 e. The number of para-hydroxylation sites is 1. The zero-order valence-corrected chi connectivity index (χ0v) is 13.3. The molecule has 1 atom stereocenters. The van der Waals surface area contributed by atoms with Gasteiger partial charge in [-0.3, -0.25) is 4.98 Å². The molecule has 2 N–H and O–H groups in total. The number of aromatic nitrogens is 1. The molecule has 21 heavy (non-hydrogen) atoms. The van der Waals surface area contributed by atoms with Gasteiger partial charge in [-0.1, -0.05) is 52.3 Å². The second-order valence-electron chi connectivity index (χ2n) is 5.29. The van der Waals surface area contributed by atoms with Crippen LogP contribution in [0, 0.1) is 0 Å². The Hall–Kier alpha value is -1.71. The topological polar surface area (TPSA) is 38.9 Å². The summed E-state index contributed by atoms with van der Waals surface area (Å²) in [4.78, 5) is 4.69. The Bertz CT molecular complexity index is 755. The van der Waals surface area contributed by atoms with Gasteiger partial charge in [0.1, 0.15) is 0 Å². The Morgan fingerprint density at radius 2 is 1.81 bits per heavy atom. The van der Waals surface area contributed by atoms with E-state index in [1.807, 2.05) is 30.3 Å². The molecule has 2 aromatic carbocycles. The molecule has 106 valence electrons. The number of rotatable bonds is 4. The molecule has 0 fully saturated rings. The van der Waals surface area contributed by atoms with E-state index < -0.39 is 0 Å².